The summed E-state index contributed by atoms with van der Waals surface area (Å²) >= 11 is 23.7. The maximum absolute atomic E-state index is 4.79. The molecule has 0 amide bonds. The Bertz CT molecular complexity index is 152. The fourth-order valence-corrected chi connectivity index (χ4v) is 4.00. The maximum Gasteiger partial charge on any atom is 0.103 e. The first-order valence-corrected chi connectivity index (χ1v) is 6.57. The normalized spacial score (nSPS) is 13.1. The van der Waals surface area contributed by atoms with Gasteiger partial charge in [-0.25, -0.2) is 0 Å². The summed E-state index contributed by atoms with van der Waals surface area (Å²) in [5.41, 5.74) is 0. The molecule has 0 spiro atoms. The Labute approximate surface area is 106 Å². The Balaban J connectivity index is 4.12. The van der Waals surface area contributed by atoms with Crippen molar-refractivity contribution in [1.29, 1.82) is 0 Å². The van der Waals surface area contributed by atoms with Crippen LogP contribution in [-0.2, 0) is 0 Å². The summed E-state index contributed by atoms with van der Waals surface area (Å²) in [5, 5.41) is 1.52. The highest BCUT2D eigenvalue weighted by molar-refractivity contribution is 8.24. The summed E-state index contributed by atoms with van der Waals surface area (Å²) in [7, 11) is 0. The minimum Gasteiger partial charge on any atom is -0.157 e. The van der Waals surface area contributed by atoms with Crippen molar-refractivity contribution in [3.8, 4) is 0 Å². The number of thioether (sulfide) groups is 1. The molecular formula is C6H12S6. The zero-order valence-electron chi connectivity index (χ0n) is 6.60. The van der Waals surface area contributed by atoms with Crippen LogP contribution >= 0.6 is 74.5 Å². The van der Waals surface area contributed by atoms with Crippen LogP contribution in [0.25, 0.3) is 0 Å². The Morgan fingerprint density at radius 2 is 1.83 bits per heavy atom. The SMILES string of the molecule is CCSC(S)(S)CC(S)(S)C=S. The molecule has 0 heterocycles. The van der Waals surface area contributed by atoms with Gasteiger partial charge in [-0.3, -0.25) is 0 Å². The highest BCUT2D eigenvalue weighted by atomic mass is 32.2. The van der Waals surface area contributed by atoms with E-state index in [1.165, 1.54) is 5.37 Å². The van der Waals surface area contributed by atoms with Gasteiger partial charge in [-0.2, -0.15) is 50.5 Å². The number of rotatable bonds is 5. The van der Waals surface area contributed by atoms with Gasteiger partial charge in [-0.05, 0) is 5.75 Å². The van der Waals surface area contributed by atoms with Crippen LogP contribution in [0.4, 0.5) is 0 Å². The standard InChI is InChI=1S/C6H12S6/c1-2-12-6(10,11)3-5(8,9)4-7/h4,8-11H,2-3H2,1H3. The molecule has 0 bridgehead atoms. The molecule has 0 saturated heterocycles. The Morgan fingerprint density at radius 1 is 1.33 bits per heavy atom. The van der Waals surface area contributed by atoms with E-state index in [1.807, 2.05) is 0 Å². The molecule has 0 aromatic heterocycles. The van der Waals surface area contributed by atoms with Crippen molar-refractivity contribution in [2.24, 2.45) is 0 Å². The predicted molar refractivity (Wildman–Crippen MR) is 77.8 cm³/mol. The molecule has 0 atom stereocenters. The summed E-state index contributed by atoms with van der Waals surface area (Å²) in [6.07, 6.45) is 0.612. The molecule has 0 nitrogen and oxygen atoms in total. The van der Waals surface area contributed by atoms with Crippen molar-refractivity contribution in [1.82, 2.24) is 0 Å². The number of hydrogen-bond acceptors (Lipinski definition) is 6. The molecule has 0 aromatic carbocycles. The second kappa shape index (κ2) is 5.66. The maximum atomic E-state index is 4.79. The molecule has 0 rings (SSSR count). The van der Waals surface area contributed by atoms with Gasteiger partial charge < -0.3 is 0 Å². The van der Waals surface area contributed by atoms with Crippen molar-refractivity contribution in [2.75, 3.05) is 5.75 Å². The van der Waals surface area contributed by atoms with Crippen molar-refractivity contribution in [3.63, 3.8) is 0 Å². The van der Waals surface area contributed by atoms with Crippen LogP contribution < -0.4 is 0 Å². The van der Waals surface area contributed by atoms with Crippen LogP contribution in [0.15, 0.2) is 0 Å². The van der Waals surface area contributed by atoms with Gasteiger partial charge in [0.25, 0.3) is 0 Å². The molecule has 0 aromatic rings. The van der Waals surface area contributed by atoms with Crippen LogP contribution in [0.3, 0.4) is 0 Å². The molecule has 0 aliphatic rings. The van der Waals surface area contributed by atoms with E-state index in [-0.39, 0.29) is 0 Å². The first-order valence-electron chi connectivity index (χ1n) is 3.33. The van der Waals surface area contributed by atoms with Crippen molar-refractivity contribution in [2.45, 2.75) is 20.8 Å². The zero-order valence-corrected chi connectivity index (χ0v) is 11.8. The van der Waals surface area contributed by atoms with Gasteiger partial charge in [0, 0.05) is 11.8 Å². The second-order valence-electron chi connectivity index (χ2n) is 2.35. The van der Waals surface area contributed by atoms with E-state index < -0.39 is 7.49 Å². The van der Waals surface area contributed by atoms with Gasteiger partial charge in [-0.1, -0.05) is 19.1 Å². The van der Waals surface area contributed by atoms with Crippen molar-refractivity contribution >= 4 is 79.9 Å². The average molecular weight is 277 g/mol. The van der Waals surface area contributed by atoms with Crippen LogP contribution in [-0.4, -0.2) is 18.6 Å². The summed E-state index contributed by atoms with van der Waals surface area (Å²) in [5.74, 6) is 0.960. The lowest BCUT2D eigenvalue weighted by Crippen LogP contribution is -2.24. The number of hydrogen-bond donors (Lipinski definition) is 4. The molecule has 0 aliphatic heterocycles. The van der Waals surface area contributed by atoms with E-state index in [0.29, 0.717) is 6.42 Å². The summed E-state index contributed by atoms with van der Waals surface area (Å²) < 4.78 is -0.978. The van der Waals surface area contributed by atoms with E-state index in [4.69, 9.17) is 12.2 Å². The third kappa shape index (κ3) is 6.32. The second-order valence-corrected chi connectivity index (χ2v) is 8.58. The number of thiocarbonyl (C=S) groups is 1. The van der Waals surface area contributed by atoms with Crippen LogP contribution in [0.2, 0.25) is 0 Å². The lowest BCUT2D eigenvalue weighted by atomic mass is 10.3. The fraction of sp³-hybridized carbons (Fsp3) is 0.833. The summed E-state index contributed by atoms with van der Waals surface area (Å²) in [6, 6.07) is 0. The summed E-state index contributed by atoms with van der Waals surface area (Å²) in [4.78, 5) is 0. The highest BCUT2D eigenvalue weighted by Crippen LogP contribution is 2.43. The van der Waals surface area contributed by atoms with Gasteiger partial charge >= 0.3 is 0 Å². The Kier molecular flexibility index (Phi) is 6.52. The van der Waals surface area contributed by atoms with E-state index in [2.05, 4.69) is 57.4 Å². The molecule has 72 valence electrons. The van der Waals surface area contributed by atoms with Crippen LogP contribution in [0, 0.1) is 0 Å². The van der Waals surface area contributed by atoms with Gasteiger partial charge in [0.1, 0.15) is 3.41 Å². The molecule has 0 N–H and O–H groups in total. The lowest BCUT2D eigenvalue weighted by Gasteiger charge is -2.28. The topological polar surface area (TPSA) is 0 Å². The smallest absolute Gasteiger partial charge is 0.103 e. The quantitative estimate of drug-likeness (QED) is 0.346. The third-order valence-electron chi connectivity index (χ3n) is 1.05. The van der Waals surface area contributed by atoms with Gasteiger partial charge in [0.05, 0.1) is 4.08 Å². The molecular weight excluding hydrogens is 264 g/mol. The Morgan fingerprint density at radius 3 is 2.17 bits per heavy atom. The molecule has 6 heteroatoms. The third-order valence-corrected chi connectivity index (χ3v) is 4.37. The molecule has 0 aliphatic carbocycles. The van der Waals surface area contributed by atoms with Crippen LogP contribution in [0.1, 0.15) is 13.3 Å². The van der Waals surface area contributed by atoms with E-state index in [1.54, 1.807) is 11.8 Å². The lowest BCUT2D eigenvalue weighted by molar-refractivity contribution is 0.940. The van der Waals surface area contributed by atoms with E-state index in [9.17, 15) is 0 Å². The number of thiol groups is 4. The van der Waals surface area contributed by atoms with E-state index >= 15 is 0 Å². The predicted octanol–water partition coefficient (Wildman–Crippen LogP) is 3.20. The van der Waals surface area contributed by atoms with Crippen molar-refractivity contribution in [3.05, 3.63) is 0 Å². The molecule has 0 saturated carbocycles. The largest absolute Gasteiger partial charge is 0.157 e. The molecule has 0 unspecified atom stereocenters. The fourth-order valence-electron chi connectivity index (χ4n) is 0.663. The monoisotopic (exact) mass is 276 g/mol. The van der Waals surface area contributed by atoms with E-state index in [0.717, 1.165) is 5.75 Å². The molecule has 0 fully saturated rings. The van der Waals surface area contributed by atoms with Crippen LogP contribution in [0.5, 0.6) is 0 Å². The first kappa shape index (κ1) is 13.8. The highest BCUT2D eigenvalue weighted by Gasteiger charge is 2.30. The minimum atomic E-state index is -0.568. The zero-order chi connectivity index (χ0) is 9.83. The Hall–Kier alpha value is 1.84. The van der Waals surface area contributed by atoms with Gasteiger partial charge in [0.2, 0.25) is 0 Å². The summed E-state index contributed by atoms with van der Waals surface area (Å²) in [6.45, 7) is 2.06. The van der Waals surface area contributed by atoms with Gasteiger partial charge in [0.15, 0.2) is 0 Å². The minimum absolute atomic E-state index is 0.409. The average Bonchev–Trinajstić information content (AvgIpc) is 1.85. The first-order chi connectivity index (χ1) is 5.33. The van der Waals surface area contributed by atoms with Crippen molar-refractivity contribution < 1.29 is 0 Å². The van der Waals surface area contributed by atoms with Gasteiger partial charge in [-0.15, -0.1) is 11.8 Å². The molecule has 12 heavy (non-hydrogen) atoms. The molecule has 0 radical (unpaired) electrons.